The van der Waals surface area contributed by atoms with Gasteiger partial charge in [-0.25, -0.2) is 13.1 Å². The highest BCUT2D eigenvalue weighted by atomic mass is 127. The van der Waals surface area contributed by atoms with Crippen LogP contribution < -0.4 is 4.72 Å². The number of hydrogen-bond acceptors (Lipinski definition) is 2. The Bertz CT molecular complexity index is 250. The lowest BCUT2D eigenvalue weighted by molar-refractivity contribution is 0.572. The molecule has 0 radical (unpaired) electrons. The van der Waals surface area contributed by atoms with E-state index in [1.807, 2.05) is 0 Å². The van der Waals surface area contributed by atoms with Gasteiger partial charge in [-0.2, -0.15) is 0 Å². The highest BCUT2D eigenvalue weighted by Gasteiger charge is 2.34. The first-order valence-electron chi connectivity index (χ1n) is 5.21. The number of rotatable bonds is 8. The van der Waals surface area contributed by atoms with E-state index < -0.39 is 10.0 Å². The lowest BCUT2D eigenvalue weighted by Gasteiger charge is -2.04. The van der Waals surface area contributed by atoms with E-state index in [9.17, 15) is 8.42 Å². The van der Waals surface area contributed by atoms with E-state index in [-0.39, 0.29) is 5.25 Å². The lowest BCUT2D eigenvalue weighted by atomic mass is 10.2. The summed E-state index contributed by atoms with van der Waals surface area (Å²) in [4.78, 5) is 0. The Morgan fingerprint density at radius 2 is 1.79 bits per heavy atom. The molecule has 84 valence electrons. The Labute approximate surface area is 100 Å². The van der Waals surface area contributed by atoms with Gasteiger partial charge in [-0.1, -0.05) is 35.4 Å². The van der Waals surface area contributed by atoms with Crippen molar-refractivity contribution in [3.8, 4) is 0 Å². The van der Waals surface area contributed by atoms with Crippen LogP contribution in [0.2, 0.25) is 0 Å². The average Bonchev–Trinajstić information content (AvgIpc) is 2.94. The van der Waals surface area contributed by atoms with Crippen LogP contribution >= 0.6 is 22.6 Å². The van der Waals surface area contributed by atoms with E-state index in [0.717, 1.165) is 25.7 Å². The van der Waals surface area contributed by atoms with Gasteiger partial charge in [0.1, 0.15) is 0 Å². The van der Waals surface area contributed by atoms with E-state index in [1.54, 1.807) is 0 Å². The molecule has 1 rings (SSSR count). The van der Waals surface area contributed by atoms with Crippen LogP contribution in [-0.4, -0.2) is 24.6 Å². The van der Waals surface area contributed by atoms with Gasteiger partial charge in [0.2, 0.25) is 10.0 Å². The molecule has 0 heterocycles. The summed E-state index contributed by atoms with van der Waals surface area (Å²) in [5.74, 6) is 0. The topological polar surface area (TPSA) is 46.2 Å². The molecule has 1 aliphatic rings. The highest BCUT2D eigenvalue weighted by molar-refractivity contribution is 14.1. The monoisotopic (exact) mass is 331 g/mol. The second-order valence-corrected chi connectivity index (χ2v) is 6.87. The maximum Gasteiger partial charge on any atom is 0.214 e. The fraction of sp³-hybridized carbons (Fsp3) is 1.00. The van der Waals surface area contributed by atoms with Gasteiger partial charge < -0.3 is 0 Å². The molecule has 5 heteroatoms. The molecule has 1 N–H and O–H groups in total. The van der Waals surface area contributed by atoms with Crippen LogP contribution in [0.15, 0.2) is 0 Å². The molecule has 0 aliphatic heterocycles. The number of nitrogens with one attached hydrogen (secondary N) is 1. The predicted molar refractivity (Wildman–Crippen MR) is 67.3 cm³/mol. The van der Waals surface area contributed by atoms with Crippen LogP contribution in [0.25, 0.3) is 0 Å². The molecule has 0 aromatic heterocycles. The zero-order chi connectivity index (χ0) is 10.4. The molecule has 1 aliphatic carbocycles. The molecule has 1 saturated carbocycles. The second kappa shape index (κ2) is 6.27. The van der Waals surface area contributed by atoms with Crippen molar-refractivity contribution in [1.29, 1.82) is 0 Å². The van der Waals surface area contributed by atoms with E-state index in [4.69, 9.17) is 0 Å². The van der Waals surface area contributed by atoms with E-state index in [1.165, 1.54) is 17.3 Å². The van der Waals surface area contributed by atoms with Crippen LogP contribution in [0.5, 0.6) is 0 Å². The van der Waals surface area contributed by atoms with Crippen LogP contribution in [-0.2, 0) is 10.0 Å². The normalized spacial score (nSPS) is 17.2. The Hall–Kier alpha value is 0.640. The van der Waals surface area contributed by atoms with Gasteiger partial charge in [-0.05, 0) is 30.1 Å². The minimum atomic E-state index is -2.93. The molecule has 0 spiro atoms. The Kier molecular flexibility index (Phi) is 5.69. The third-order valence-electron chi connectivity index (χ3n) is 2.33. The molecule has 0 aromatic rings. The van der Waals surface area contributed by atoms with Crippen LogP contribution in [0.4, 0.5) is 0 Å². The van der Waals surface area contributed by atoms with Crippen molar-refractivity contribution in [2.75, 3.05) is 11.0 Å². The van der Waals surface area contributed by atoms with Gasteiger partial charge in [0.15, 0.2) is 0 Å². The average molecular weight is 331 g/mol. The van der Waals surface area contributed by atoms with Gasteiger partial charge in [-0.15, -0.1) is 0 Å². The predicted octanol–water partition coefficient (Wildman–Crippen LogP) is 2.06. The Balaban J connectivity index is 1.98. The van der Waals surface area contributed by atoms with Crippen molar-refractivity contribution < 1.29 is 8.42 Å². The van der Waals surface area contributed by atoms with E-state index in [2.05, 4.69) is 27.3 Å². The van der Waals surface area contributed by atoms with Crippen LogP contribution in [0, 0.1) is 0 Å². The zero-order valence-electron chi connectivity index (χ0n) is 8.34. The maximum atomic E-state index is 11.4. The summed E-state index contributed by atoms with van der Waals surface area (Å²) >= 11 is 2.37. The SMILES string of the molecule is O=S(=O)(NCCCCCCI)C1CC1. The van der Waals surface area contributed by atoms with Crippen molar-refractivity contribution in [2.24, 2.45) is 0 Å². The summed E-state index contributed by atoms with van der Waals surface area (Å²) < 4.78 is 26.6. The molecule has 0 unspecified atom stereocenters. The molecule has 14 heavy (non-hydrogen) atoms. The van der Waals surface area contributed by atoms with Crippen LogP contribution in [0.3, 0.4) is 0 Å². The number of unbranched alkanes of at least 4 members (excludes halogenated alkanes) is 3. The molecular formula is C9H18INO2S. The van der Waals surface area contributed by atoms with Gasteiger partial charge >= 0.3 is 0 Å². The van der Waals surface area contributed by atoms with Crippen molar-refractivity contribution in [2.45, 2.75) is 43.8 Å². The minimum absolute atomic E-state index is 0.0724. The molecule has 0 bridgehead atoms. The first kappa shape index (κ1) is 12.7. The number of alkyl halides is 1. The minimum Gasteiger partial charge on any atom is -0.215 e. The van der Waals surface area contributed by atoms with E-state index >= 15 is 0 Å². The van der Waals surface area contributed by atoms with Crippen molar-refractivity contribution in [3.05, 3.63) is 0 Å². The first-order valence-corrected chi connectivity index (χ1v) is 8.28. The maximum absolute atomic E-state index is 11.4. The molecule has 0 saturated heterocycles. The number of hydrogen-bond donors (Lipinski definition) is 1. The van der Waals surface area contributed by atoms with Gasteiger partial charge in [0, 0.05) is 6.54 Å². The molecule has 3 nitrogen and oxygen atoms in total. The summed E-state index contributed by atoms with van der Waals surface area (Å²) in [5.41, 5.74) is 0. The molecule has 0 amide bonds. The van der Waals surface area contributed by atoms with Gasteiger partial charge in [0.05, 0.1) is 5.25 Å². The van der Waals surface area contributed by atoms with Gasteiger partial charge in [0.25, 0.3) is 0 Å². The van der Waals surface area contributed by atoms with Crippen molar-refractivity contribution in [3.63, 3.8) is 0 Å². The number of sulfonamides is 1. The third kappa shape index (κ3) is 4.93. The first-order chi connectivity index (χ1) is 6.67. The van der Waals surface area contributed by atoms with Crippen molar-refractivity contribution in [1.82, 2.24) is 4.72 Å². The fourth-order valence-electron chi connectivity index (χ4n) is 1.28. The second-order valence-electron chi connectivity index (χ2n) is 3.74. The van der Waals surface area contributed by atoms with E-state index in [0.29, 0.717) is 6.54 Å². The molecule has 0 atom stereocenters. The Morgan fingerprint density at radius 3 is 2.36 bits per heavy atom. The summed E-state index contributed by atoms with van der Waals surface area (Å²) in [6, 6.07) is 0. The quantitative estimate of drug-likeness (QED) is 0.420. The molecule has 0 aromatic carbocycles. The summed E-state index contributed by atoms with van der Waals surface area (Å²) in [6.45, 7) is 0.625. The summed E-state index contributed by atoms with van der Waals surface area (Å²) in [7, 11) is -2.93. The smallest absolute Gasteiger partial charge is 0.214 e. The number of halogens is 1. The third-order valence-corrected chi connectivity index (χ3v) is 5.05. The molecular weight excluding hydrogens is 313 g/mol. The van der Waals surface area contributed by atoms with Gasteiger partial charge in [-0.3, -0.25) is 0 Å². The van der Waals surface area contributed by atoms with Crippen molar-refractivity contribution >= 4 is 32.6 Å². The molecule has 1 fully saturated rings. The standard InChI is InChI=1S/C9H18INO2S/c10-7-3-1-2-4-8-11-14(12,13)9-5-6-9/h9,11H,1-8H2. The highest BCUT2D eigenvalue weighted by Crippen LogP contribution is 2.27. The fourth-order valence-corrected chi connectivity index (χ4v) is 3.24. The van der Waals surface area contributed by atoms with Crippen LogP contribution in [0.1, 0.15) is 38.5 Å². The lowest BCUT2D eigenvalue weighted by Crippen LogP contribution is -2.28. The Morgan fingerprint density at radius 1 is 1.14 bits per heavy atom. The summed E-state index contributed by atoms with van der Waals surface area (Å²) in [5, 5.41) is -0.0724. The largest absolute Gasteiger partial charge is 0.215 e. The summed E-state index contributed by atoms with van der Waals surface area (Å²) in [6.07, 6.45) is 6.27. The zero-order valence-corrected chi connectivity index (χ0v) is 11.3.